The standard InChI is InChI=1S/C9H18O2/c1-4-10-9(7(2)3)11-8-5-6-8/h7-9H,4-6H2,1-3H3. The van der Waals surface area contributed by atoms with E-state index in [0.29, 0.717) is 12.0 Å². The van der Waals surface area contributed by atoms with Gasteiger partial charge in [0.15, 0.2) is 6.29 Å². The maximum absolute atomic E-state index is 5.64. The molecular formula is C9H18O2. The summed E-state index contributed by atoms with van der Waals surface area (Å²) in [5, 5.41) is 0. The molecule has 1 unspecified atom stereocenters. The molecule has 11 heavy (non-hydrogen) atoms. The highest BCUT2D eigenvalue weighted by molar-refractivity contribution is 4.74. The molecule has 1 aliphatic carbocycles. The molecule has 66 valence electrons. The molecule has 2 heteroatoms. The van der Waals surface area contributed by atoms with Crippen LogP contribution in [0.3, 0.4) is 0 Å². The second kappa shape index (κ2) is 4.07. The van der Waals surface area contributed by atoms with Crippen LogP contribution in [0.5, 0.6) is 0 Å². The smallest absolute Gasteiger partial charge is 0.160 e. The number of rotatable bonds is 5. The highest BCUT2D eigenvalue weighted by atomic mass is 16.7. The van der Waals surface area contributed by atoms with Crippen LogP contribution in [-0.2, 0) is 9.47 Å². The van der Waals surface area contributed by atoms with Crippen molar-refractivity contribution in [1.29, 1.82) is 0 Å². The van der Waals surface area contributed by atoms with Crippen molar-refractivity contribution in [3.8, 4) is 0 Å². The summed E-state index contributed by atoms with van der Waals surface area (Å²) in [7, 11) is 0. The first-order chi connectivity index (χ1) is 5.24. The zero-order chi connectivity index (χ0) is 8.27. The minimum atomic E-state index is 0.0208. The van der Waals surface area contributed by atoms with Crippen molar-refractivity contribution in [2.75, 3.05) is 6.61 Å². The molecule has 0 heterocycles. The Morgan fingerprint density at radius 2 is 2.00 bits per heavy atom. The third-order valence-corrected chi connectivity index (χ3v) is 1.73. The zero-order valence-electron chi connectivity index (χ0n) is 7.67. The molecule has 0 saturated heterocycles. The van der Waals surface area contributed by atoms with Gasteiger partial charge >= 0.3 is 0 Å². The van der Waals surface area contributed by atoms with Crippen LogP contribution >= 0.6 is 0 Å². The summed E-state index contributed by atoms with van der Waals surface area (Å²) in [6.07, 6.45) is 2.95. The first kappa shape index (κ1) is 9.01. The van der Waals surface area contributed by atoms with Crippen molar-refractivity contribution in [1.82, 2.24) is 0 Å². The van der Waals surface area contributed by atoms with Gasteiger partial charge in [-0.3, -0.25) is 0 Å². The summed E-state index contributed by atoms with van der Waals surface area (Å²) in [5.74, 6) is 0.468. The van der Waals surface area contributed by atoms with Crippen molar-refractivity contribution in [2.45, 2.75) is 46.0 Å². The van der Waals surface area contributed by atoms with Gasteiger partial charge in [0.2, 0.25) is 0 Å². The second-order valence-corrected chi connectivity index (χ2v) is 3.40. The fourth-order valence-electron chi connectivity index (χ4n) is 0.947. The Balaban J connectivity index is 2.19. The van der Waals surface area contributed by atoms with Crippen LogP contribution in [0.2, 0.25) is 0 Å². The van der Waals surface area contributed by atoms with Gasteiger partial charge in [0.1, 0.15) is 0 Å². The molecule has 0 aromatic carbocycles. The van der Waals surface area contributed by atoms with Gasteiger partial charge in [-0.2, -0.15) is 0 Å². The van der Waals surface area contributed by atoms with Gasteiger partial charge in [0.05, 0.1) is 6.10 Å². The van der Waals surface area contributed by atoms with Crippen LogP contribution in [0.15, 0.2) is 0 Å². The van der Waals surface area contributed by atoms with Crippen LogP contribution in [0.1, 0.15) is 33.6 Å². The molecule has 0 bridgehead atoms. The van der Waals surface area contributed by atoms with Gasteiger partial charge in [-0.05, 0) is 19.8 Å². The number of ether oxygens (including phenoxy) is 2. The van der Waals surface area contributed by atoms with Crippen molar-refractivity contribution >= 4 is 0 Å². The van der Waals surface area contributed by atoms with Crippen LogP contribution < -0.4 is 0 Å². The molecule has 0 N–H and O–H groups in total. The minimum absolute atomic E-state index is 0.0208. The molecule has 1 aliphatic rings. The van der Waals surface area contributed by atoms with Crippen molar-refractivity contribution in [2.24, 2.45) is 5.92 Å². The van der Waals surface area contributed by atoms with Gasteiger partial charge in [-0.1, -0.05) is 13.8 Å². The van der Waals surface area contributed by atoms with E-state index in [-0.39, 0.29) is 6.29 Å². The Morgan fingerprint density at radius 3 is 2.36 bits per heavy atom. The third kappa shape index (κ3) is 3.21. The molecule has 0 aliphatic heterocycles. The van der Waals surface area contributed by atoms with Crippen molar-refractivity contribution < 1.29 is 9.47 Å². The summed E-state index contributed by atoms with van der Waals surface area (Å²) in [6.45, 7) is 7.01. The summed E-state index contributed by atoms with van der Waals surface area (Å²) in [4.78, 5) is 0. The molecular weight excluding hydrogens is 140 g/mol. The fraction of sp³-hybridized carbons (Fsp3) is 1.00. The average molecular weight is 158 g/mol. The maximum Gasteiger partial charge on any atom is 0.160 e. The zero-order valence-corrected chi connectivity index (χ0v) is 7.67. The van der Waals surface area contributed by atoms with Gasteiger partial charge in [-0.25, -0.2) is 0 Å². The first-order valence-corrected chi connectivity index (χ1v) is 4.51. The van der Waals surface area contributed by atoms with E-state index in [1.54, 1.807) is 0 Å². The Kier molecular flexibility index (Phi) is 3.34. The lowest BCUT2D eigenvalue weighted by molar-refractivity contribution is -0.169. The van der Waals surface area contributed by atoms with Crippen LogP contribution in [0, 0.1) is 5.92 Å². The quantitative estimate of drug-likeness (QED) is 0.571. The predicted octanol–water partition coefficient (Wildman–Crippen LogP) is 2.18. The molecule has 0 spiro atoms. The van der Waals surface area contributed by atoms with Crippen molar-refractivity contribution in [3.63, 3.8) is 0 Å². The highest BCUT2D eigenvalue weighted by Crippen LogP contribution is 2.27. The second-order valence-electron chi connectivity index (χ2n) is 3.40. The van der Waals surface area contributed by atoms with E-state index in [0.717, 1.165) is 6.61 Å². The largest absolute Gasteiger partial charge is 0.353 e. The van der Waals surface area contributed by atoms with E-state index >= 15 is 0 Å². The summed E-state index contributed by atoms with van der Waals surface area (Å²) in [5.41, 5.74) is 0. The summed E-state index contributed by atoms with van der Waals surface area (Å²) in [6, 6.07) is 0. The lowest BCUT2D eigenvalue weighted by Crippen LogP contribution is -2.24. The van der Waals surface area contributed by atoms with Gasteiger partial charge in [0.25, 0.3) is 0 Å². The topological polar surface area (TPSA) is 18.5 Å². The SMILES string of the molecule is CCOC(OC1CC1)C(C)C. The molecule has 0 radical (unpaired) electrons. The Labute approximate surface area is 68.9 Å². The number of hydrogen-bond acceptors (Lipinski definition) is 2. The Bertz CT molecular complexity index is 108. The van der Waals surface area contributed by atoms with Gasteiger partial charge in [0, 0.05) is 12.5 Å². The normalized spacial score (nSPS) is 20.7. The molecule has 2 nitrogen and oxygen atoms in total. The van der Waals surface area contributed by atoms with Gasteiger partial charge < -0.3 is 9.47 Å². The molecule has 0 amide bonds. The fourth-order valence-corrected chi connectivity index (χ4v) is 0.947. The summed E-state index contributed by atoms with van der Waals surface area (Å²) < 4.78 is 11.1. The average Bonchev–Trinajstić information content (AvgIpc) is 2.70. The molecule has 1 saturated carbocycles. The number of hydrogen-bond donors (Lipinski definition) is 0. The molecule has 1 rings (SSSR count). The van der Waals surface area contributed by atoms with E-state index in [1.165, 1.54) is 12.8 Å². The Morgan fingerprint density at radius 1 is 1.36 bits per heavy atom. The van der Waals surface area contributed by atoms with E-state index in [1.807, 2.05) is 6.92 Å². The Hall–Kier alpha value is -0.0800. The van der Waals surface area contributed by atoms with Gasteiger partial charge in [-0.15, -0.1) is 0 Å². The lowest BCUT2D eigenvalue weighted by Gasteiger charge is -2.20. The van der Waals surface area contributed by atoms with Crippen LogP contribution in [0.4, 0.5) is 0 Å². The van der Waals surface area contributed by atoms with Crippen LogP contribution in [0.25, 0.3) is 0 Å². The minimum Gasteiger partial charge on any atom is -0.353 e. The predicted molar refractivity (Wildman–Crippen MR) is 44.4 cm³/mol. The third-order valence-electron chi connectivity index (χ3n) is 1.73. The van der Waals surface area contributed by atoms with E-state index in [9.17, 15) is 0 Å². The van der Waals surface area contributed by atoms with E-state index in [4.69, 9.17) is 9.47 Å². The summed E-state index contributed by atoms with van der Waals surface area (Å²) >= 11 is 0. The molecule has 0 aromatic heterocycles. The lowest BCUT2D eigenvalue weighted by atomic mass is 10.2. The monoisotopic (exact) mass is 158 g/mol. The van der Waals surface area contributed by atoms with Crippen LogP contribution in [-0.4, -0.2) is 19.0 Å². The molecule has 1 atom stereocenters. The highest BCUT2D eigenvalue weighted by Gasteiger charge is 2.27. The van der Waals surface area contributed by atoms with E-state index < -0.39 is 0 Å². The first-order valence-electron chi connectivity index (χ1n) is 4.51. The maximum atomic E-state index is 5.64. The van der Waals surface area contributed by atoms with E-state index in [2.05, 4.69) is 13.8 Å². The molecule has 1 fully saturated rings. The van der Waals surface area contributed by atoms with Crippen molar-refractivity contribution in [3.05, 3.63) is 0 Å². The molecule has 0 aromatic rings.